The molecule has 1 aliphatic carbocycles. The van der Waals surface area contributed by atoms with Gasteiger partial charge in [-0.25, -0.2) is 0 Å². The summed E-state index contributed by atoms with van der Waals surface area (Å²) in [6.45, 7) is 4.85. The van der Waals surface area contributed by atoms with Crippen molar-refractivity contribution in [3.05, 3.63) is 0 Å². The average molecular weight is 239 g/mol. The van der Waals surface area contributed by atoms with E-state index in [9.17, 15) is 9.59 Å². The average Bonchev–Trinajstić information content (AvgIpc) is 2.59. The molecular formula is C13H21NO3. The second-order valence-electron chi connectivity index (χ2n) is 6.18. The summed E-state index contributed by atoms with van der Waals surface area (Å²) < 4.78 is 0. The molecule has 0 aromatic carbocycles. The third-order valence-electron chi connectivity index (χ3n) is 4.18. The van der Waals surface area contributed by atoms with E-state index in [1.54, 1.807) is 0 Å². The van der Waals surface area contributed by atoms with Crippen LogP contribution in [0.15, 0.2) is 0 Å². The summed E-state index contributed by atoms with van der Waals surface area (Å²) in [5.74, 6) is -0.985. The summed E-state index contributed by atoms with van der Waals surface area (Å²) in [6.07, 6.45) is 4.05. The van der Waals surface area contributed by atoms with E-state index >= 15 is 0 Å². The molecule has 4 heteroatoms. The summed E-state index contributed by atoms with van der Waals surface area (Å²) in [7, 11) is 0. The van der Waals surface area contributed by atoms with Crippen LogP contribution in [0.4, 0.5) is 0 Å². The third kappa shape index (κ3) is 2.61. The summed E-state index contributed by atoms with van der Waals surface area (Å²) >= 11 is 0. The number of carboxylic acids is 1. The molecule has 96 valence electrons. The predicted octanol–water partition coefficient (Wildman–Crippen LogP) is 1.89. The zero-order chi connectivity index (χ0) is 12.6. The Labute approximate surface area is 102 Å². The number of carbonyl (C=O) groups excluding carboxylic acids is 1. The van der Waals surface area contributed by atoms with Gasteiger partial charge in [-0.1, -0.05) is 13.8 Å². The second-order valence-corrected chi connectivity index (χ2v) is 6.18. The molecule has 17 heavy (non-hydrogen) atoms. The Balaban J connectivity index is 2.04. The minimum atomic E-state index is -0.764. The molecule has 2 rings (SSSR count). The largest absolute Gasteiger partial charge is 0.481 e. The highest BCUT2D eigenvalue weighted by Crippen LogP contribution is 2.40. The van der Waals surface area contributed by atoms with Gasteiger partial charge in [0.25, 0.3) is 0 Å². The molecule has 2 unspecified atom stereocenters. The summed E-state index contributed by atoms with van der Waals surface area (Å²) in [5.41, 5.74) is 0.293. The van der Waals surface area contributed by atoms with Crippen LogP contribution in [0.25, 0.3) is 0 Å². The van der Waals surface area contributed by atoms with Gasteiger partial charge in [-0.2, -0.15) is 0 Å². The highest BCUT2D eigenvalue weighted by molar-refractivity contribution is 5.80. The molecule has 1 saturated carbocycles. The van der Waals surface area contributed by atoms with Gasteiger partial charge in [0.15, 0.2) is 0 Å². The quantitative estimate of drug-likeness (QED) is 0.800. The van der Waals surface area contributed by atoms with Gasteiger partial charge < -0.3 is 10.0 Å². The van der Waals surface area contributed by atoms with Gasteiger partial charge in [-0.05, 0) is 31.1 Å². The summed E-state index contributed by atoms with van der Waals surface area (Å²) in [4.78, 5) is 24.7. The van der Waals surface area contributed by atoms with E-state index < -0.39 is 5.97 Å². The lowest BCUT2D eigenvalue weighted by molar-refractivity contribution is -0.148. The fourth-order valence-electron chi connectivity index (χ4n) is 3.09. The van der Waals surface area contributed by atoms with Crippen molar-refractivity contribution in [2.45, 2.75) is 52.0 Å². The topological polar surface area (TPSA) is 57.6 Å². The van der Waals surface area contributed by atoms with Crippen LogP contribution in [0.2, 0.25) is 0 Å². The van der Waals surface area contributed by atoms with Gasteiger partial charge in [0.2, 0.25) is 5.91 Å². The molecule has 1 aliphatic heterocycles. The van der Waals surface area contributed by atoms with Crippen molar-refractivity contribution in [2.24, 2.45) is 11.3 Å². The third-order valence-corrected chi connectivity index (χ3v) is 4.18. The number of carboxylic acid groups (broad SMARTS) is 1. The van der Waals surface area contributed by atoms with Crippen LogP contribution < -0.4 is 0 Å². The van der Waals surface area contributed by atoms with Crippen LogP contribution in [-0.2, 0) is 9.59 Å². The number of carbonyl (C=O) groups is 2. The Morgan fingerprint density at radius 2 is 2.12 bits per heavy atom. The monoisotopic (exact) mass is 239 g/mol. The number of piperidine rings is 1. The van der Waals surface area contributed by atoms with Crippen molar-refractivity contribution >= 4 is 11.9 Å². The van der Waals surface area contributed by atoms with Crippen LogP contribution >= 0.6 is 0 Å². The Morgan fingerprint density at radius 1 is 1.41 bits per heavy atom. The SMILES string of the molecule is CC1(C)CCC(N2CC(C(=O)O)CCC2=O)C1. The number of hydrogen-bond donors (Lipinski definition) is 1. The fourth-order valence-corrected chi connectivity index (χ4v) is 3.09. The molecule has 2 aliphatic rings. The normalized spacial score (nSPS) is 32.8. The number of aliphatic carboxylic acids is 1. The molecule has 0 radical (unpaired) electrons. The lowest BCUT2D eigenvalue weighted by Gasteiger charge is -2.36. The van der Waals surface area contributed by atoms with E-state index in [-0.39, 0.29) is 17.9 Å². The van der Waals surface area contributed by atoms with Crippen LogP contribution in [0.5, 0.6) is 0 Å². The molecule has 0 aromatic rings. The molecule has 1 heterocycles. The van der Waals surface area contributed by atoms with Gasteiger partial charge in [-0.15, -0.1) is 0 Å². The minimum absolute atomic E-state index is 0.144. The zero-order valence-corrected chi connectivity index (χ0v) is 10.6. The van der Waals surface area contributed by atoms with Crippen LogP contribution in [0.3, 0.4) is 0 Å². The predicted molar refractivity (Wildman–Crippen MR) is 63.5 cm³/mol. The Hall–Kier alpha value is -1.06. The first-order valence-electron chi connectivity index (χ1n) is 6.41. The van der Waals surface area contributed by atoms with E-state index in [0.717, 1.165) is 19.3 Å². The fraction of sp³-hybridized carbons (Fsp3) is 0.846. The highest BCUT2D eigenvalue weighted by atomic mass is 16.4. The molecule has 1 saturated heterocycles. The molecule has 0 aromatic heterocycles. The maximum absolute atomic E-state index is 11.9. The smallest absolute Gasteiger partial charge is 0.308 e. The Morgan fingerprint density at radius 3 is 2.65 bits per heavy atom. The van der Waals surface area contributed by atoms with Crippen molar-refractivity contribution < 1.29 is 14.7 Å². The van der Waals surface area contributed by atoms with Gasteiger partial charge in [0.1, 0.15) is 0 Å². The zero-order valence-electron chi connectivity index (χ0n) is 10.6. The molecule has 1 N–H and O–H groups in total. The minimum Gasteiger partial charge on any atom is -0.481 e. The van der Waals surface area contributed by atoms with Crippen molar-refractivity contribution in [2.75, 3.05) is 6.54 Å². The molecule has 0 bridgehead atoms. The molecule has 2 atom stereocenters. The van der Waals surface area contributed by atoms with Gasteiger partial charge >= 0.3 is 5.97 Å². The van der Waals surface area contributed by atoms with E-state index in [2.05, 4.69) is 13.8 Å². The number of amides is 1. The Kier molecular flexibility index (Phi) is 3.15. The van der Waals surface area contributed by atoms with Crippen LogP contribution in [0, 0.1) is 11.3 Å². The van der Waals surface area contributed by atoms with E-state index in [4.69, 9.17) is 5.11 Å². The van der Waals surface area contributed by atoms with E-state index in [0.29, 0.717) is 24.8 Å². The first-order valence-corrected chi connectivity index (χ1v) is 6.41. The molecule has 4 nitrogen and oxygen atoms in total. The van der Waals surface area contributed by atoms with Gasteiger partial charge in [-0.3, -0.25) is 9.59 Å². The van der Waals surface area contributed by atoms with Crippen LogP contribution in [-0.4, -0.2) is 34.5 Å². The van der Waals surface area contributed by atoms with E-state index in [1.807, 2.05) is 4.90 Å². The first kappa shape index (κ1) is 12.4. The maximum Gasteiger partial charge on any atom is 0.308 e. The van der Waals surface area contributed by atoms with Gasteiger partial charge in [0, 0.05) is 19.0 Å². The van der Waals surface area contributed by atoms with Crippen molar-refractivity contribution in [3.63, 3.8) is 0 Å². The number of likely N-dealkylation sites (tertiary alicyclic amines) is 1. The molecule has 1 amide bonds. The lowest BCUT2D eigenvalue weighted by Crippen LogP contribution is -2.47. The van der Waals surface area contributed by atoms with Crippen molar-refractivity contribution in [3.8, 4) is 0 Å². The lowest BCUT2D eigenvalue weighted by atomic mass is 9.90. The number of rotatable bonds is 2. The van der Waals surface area contributed by atoms with Crippen molar-refractivity contribution in [1.29, 1.82) is 0 Å². The number of hydrogen-bond acceptors (Lipinski definition) is 2. The molecule has 2 fully saturated rings. The van der Waals surface area contributed by atoms with Crippen molar-refractivity contribution in [1.82, 2.24) is 4.90 Å². The molecule has 0 spiro atoms. The highest BCUT2D eigenvalue weighted by Gasteiger charge is 2.39. The summed E-state index contributed by atoms with van der Waals surface area (Å²) in [5, 5.41) is 9.05. The van der Waals surface area contributed by atoms with Gasteiger partial charge in [0.05, 0.1) is 5.92 Å². The Bertz CT molecular complexity index is 338. The second kappa shape index (κ2) is 4.31. The summed E-state index contributed by atoms with van der Waals surface area (Å²) in [6, 6.07) is 0.264. The van der Waals surface area contributed by atoms with E-state index in [1.165, 1.54) is 0 Å². The molecular weight excluding hydrogens is 218 g/mol. The standard InChI is InChI=1S/C13H21NO3/c1-13(2)6-5-10(7-13)14-8-9(12(16)17)3-4-11(14)15/h9-10H,3-8H2,1-2H3,(H,16,17). The maximum atomic E-state index is 11.9. The van der Waals surface area contributed by atoms with Crippen LogP contribution in [0.1, 0.15) is 46.0 Å². The first-order chi connectivity index (χ1) is 7.89. The number of nitrogens with zero attached hydrogens (tertiary/aromatic N) is 1.